The molecule has 0 aromatic heterocycles. The van der Waals surface area contributed by atoms with Crippen molar-refractivity contribution in [1.29, 1.82) is 0 Å². The average molecular weight is 731 g/mol. The zero-order chi connectivity index (χ0) is 38.3. The highest BCUT2D eigenvalue weighted by Gasteiger charge is 2.42. The Morgan fingerprint density at radius 2 is 0.807 bits per heavy atom. The van der Waals surface area contributed by atoms with Gasteiger partial charge in [-0.15, -0.1) is 0 Å². The first kappa shape index (κ1) is 33.5. The van der Waals surface area contributed by atoms with Crippen molar-refractivity contribution in [2.24, 2.45) is 0 Å². The highest BCUT2D eigenvalue weighted by molar-refractivity contribution is 6.98. The predicted molar refractivity (Wildman–Crippen MR) is 240 cm³/mol. The molecule has 57 heavy (non-hydrogen) atoms. The summed E-state index contributed by atoms with van der Waals surface area (Å²) in [6.45, 7) is 6.77. The first-order valence-corrected chi connectivity index (χ1v) is 19.9. The monoisotopic (exact) mass is 730 g/mol. The molecule has 9 aromatic rings. The van der Waals surface area contributed by atoms with Gasteiger partial charge in [0, 0.05) is 16.6 Å². The molecular weight excluding hydrogens is 691 g/mol. The summed E-state index contributed by atoms with van der Waals surface area (Å²) in [6.07, 6.45) is 0. The molecule has 2 nitrogen and oxygen atoms in total. The summed E-state index contributed by atoms with van der Waals surface area (Å²) in [7, 11) is 0. The van der Waals surface area contributed by atoms with Crippen LogP contribution in [-0.2, 0) is 5.41 Å². The third-order valence-electron chi connectivity index (χ3n) is 12.0. The quantitative estimate of drug-likeness (QED) is 0.133. The van der Waals surface area contributed by atoms with E-state index in [0.29, 0.717) is 0 Å². The van der Waals surface area contributed by atoms with E-state index in [-0.39, 0.29) is 12.1 Å². The molecule has 0 saturated heterocycles. The zero-order valence-electron chi connectivity index (χ0n) is 32.2. The molecule has 9 aromatic carbocycles. The minimum Gasteiger partial charge on any atom is -0.458 e. The molecule has 3 heteroatoms. The predicted octanol–water partition coefficient (Wildman–Crippen LogP) is 12.7. The number of hydrogen-bond acceptors (Lipinski definition) is 2. The van der Waals surface area contributed by atoms with Crippen LogP contribution in [0.2, 0.25) is 0 Å². The van der Waals surface area contributed by atoms with Crippen LogP contribution < -0.4 is 25.9 Å². The molecule has 11 rings (SSSR count). The number of fused-ring (bicyclic) bond motifs is 6. The van der Waals surface area contributed by atoms with E-state index in [9.17, 15) is 0 Å². The summed E-state index contributed by atoms with van der Waals surface area (Å²) in [4.78, 5) is 0. The van der Waals surface area contributed by atoms with Crippen molar-refractivity contribution in [2.45, 2.75) is 26.2 Å². The van der Waals surface area contributed by atoms with Crippen molar-refractivity contribution in [3.63, 3.8) is 0 Å². The minimum absolute atomic E-state index is 0.0366. The molecule has 2 aliphatic heterocycles. The van der Waals surface area contributed by atoms with Gasteiger partial charge in [0.2, 0.25) is 0 Å². The second kappa shape index (κ2) is 12.9. The van der Waals surface area contributed by atoms with Crippen molar-refractivity contribution in [1.82, 2.24) is 0 Å². The highest BCUT2D eigenvalue weighted by atomic mass is 16.5. The third-order valence-corrected chi connectivity index (χ3v) is 12.0. The SMILES string of the molecule is CC(C)(C)c1ccccc1-c1cccc2c1Oc1cccc3c1B2c1cccc(-c2ccccc2-c2c4ccccc4c(-c4ccccc4)c4ccccc24)c1O3. The van der Waals surface area contributed by atoms with E-state index in [1.54, 1.807) is 0 Å². The molecule has 0 atom stereocenters. The van der Waals surface area contributed by atoms with Crippen LogP contribution in [-0.4, -0.2) is 6.71 Å². The molecular formula is C54H39BO2. The Labute approximate surface area is 334 Å². The fourth-order valence-electron chi connectivity index (χ4n) is 9.54. The van der Waals surface area contributed by atoms with E-state index < -0.39 is 0 Å². The number of hydrogen-bond donors (Lipinski definition) is 0. The third kappa shape index (κ3) is 5.19. The molecule has 0 aliphatic carbocycles. The van der Waals surface area contributed by atoms with Crippen LogP contribution >= 0.6 is 0 Å². The molecule has 0 bridgehead atoms. The van der Waals surface area contributed by atoms with Gasteiger partial charge in [-0.1, -0.05) is 191 Å². The standard InChI is InChI=1S/C54H39BO2/c1-54(2,3)44-29-14-13-21-36(44)43-28-16-31-46-53(43)57-48-33-17-32-47-51(48)55(46)45-30-15-27-42(52(45)56-47)35-20-7-8-22-37(35)50-40-25-11-9-23-38(40)49(34-18-5-4-6-19-34)39-24-10-12-26-41(39)50/h4-33H,1-3H3. The van der Waals surface area contributed by atoms with E-state index in [4.69, 9.17) is 9.47 Å². The number of rotatable bonds is 4. The molecule has 0 saturated carbocycles. The summed E-state index contributed by atoms with van der Waals surface area (Å²) in [6, 6.07) is 65.7. The van der Waals surface area contributed by atoms with E-state index in [2.05, 4.69) is 203 Å². The van der Waals surface area contributed by atoms with Crippen LogP contribution in [0.5, 0.6) is 23.0 Å². The van der Waals surface area contributed by atoms with E-state index in [1.807, 2.05) is 0 Å². The van der Waals surface area contributed by atoms with Crippen molar-refractivity contribution in [3.05, 3.63) is 188 Å². The van der Waals surface area contributed by atoms with Gasteiger partial charge in [0.05, 0.1) is 0 Å². The molecule has 0 radical (unpaired) electrons. The molecule has 0 fully saturated rings. The Morgan fingerprint density at radius 3 is 1.39 bits per heavy atom. The van der Waals surface area contributed by atoms with Gasteiger partial charge in [-0.05, 0) is 89.0 Å². The number of ether oxygens (including phenoxy) is 2. The summed E-state index contributed by atoms with van der Waals surface area (Å²) in [5.41, 5.74) is 14.0. The zero-order valence-corrected chi connectivity index (χ0v) is 32.2. The lowest BCUT2D eigenvalue weighted by molar-refractivity contribution is 0.466. The Hall–Kier alpha value is -6.84. The summed E-state index contributed by atoms with van der Waals surface area (Å²) < 4.78 is 14.0. The minimum atomic E-state index is -0.0654. The molecule has 0 unspecified atom stereocenters. The Kier molecular flexibility index (Phi) is 7.56. The molecule has 2 heterocycles. The van der Waals surface area contributed by atoms with Gasteiger partial charge in [0.15, 0.2) is 0 Å². The van der Waals surface area contributed by atoms with Crippen LogP contribution in [0.3, 0.4) is 0 Å². The van der Waals surface area contributed by atoms with E-state index in [0.717, 1.165) is 56.1 Å². The Balaban J connectivity index is 1.14. The van der Waals surface area contributed by atoms with Gasteiger partial charge < -0.3 is 9.47 Å². The maximum Gasteiger partial charge on any atom is 0.260 e. The summed E-state index contributed by atoms with van der Waals surface area (Å²) >= 11 is 0. The second-order valence-electron chi connectivity index (χ2n) is 16.3. The van der Waals surface area contributed by atoms with Crippen molar-refractivity contribution in [3.8, 4) is 67.5 Å². The van der Waals surface area contributed by atoms with Crippen LogP contribution in [0.15, 0.2) is 182 Å². The van der Waals surface area contributed by atoms with Crippen LogP contribution in [0.4, 0.5) is 0 Å². The van der Waals surface area contributed by atoms with Gasteiger partial charge in [-0.25, -0.2) is 0 Å². The van der Waals surface area contributed by atoms with Crippen molar-refractivity contribution in [2.75, 3.05) is 0 Å². The molecule has 2 aliphatic rings. The fraction of sp³-hybridized carbons (Fsp3) is 0.0741. The largest absolute Gasteiger partial charge is 0.458 e. The fourth-order valence-corrected chi connectivity index (χ4v) is 9.54. The van der Waals surface area contributed by atoms with Crippen LogP contribution in [0, 0.1) is 0 Å². The molecule has 270 valence electrons. The van der Waals surface area contributed by atoms with Crippen molar-refractivity contribution >= 4 is 44.6 Å². The lowest BCUT2D eigenvalue weighted by Gasteiger charge is -2.35. The smallest absolute Gasteiger partial charge is 0.260 e. The molecule has 0 N–H and O–H groups in total. The lowest BCUT2D eigenvalue weighted by Crippen LogP contribution is -2.57. The van der Waals surface area contributed by atoms with Gasteiger partial charge in [0.25, 0.3) is 6.71 Å². The highest BCUT2D eigenvalue weighted by Crippen LogP contribution is 2.48. The normalized spacial score (nSPS) is 12.7. The molecule has 0 spiro atoms. The summed E-state index contributed by atoms with van der Waals surface area (Å²) in [5.74, 6) is 3.49. The summed E-state index contributed by atoms with van der Waals surface area (Å²) in [5, 5.41) is 4.93. The number of para-hydroxylation sites is 2. The van der Waals surface area contributed by atoms with Crippen LogP contribution in [0.1, 0.15) is 26.3 Å². The second-order valence-corrected chi connectivity index (χ2v) is 16.3. The van der Waals surface area contributed by atoms with Gasteiger partial charge in [0.1, 0.15) is 23.0 Å². The maximum absolute atomic E-state index is 7.07. The topological polar surface area (TPSA) is 18.5 Å². The maximum atomic E-state index is 7.07. The number of benzene rings is 9. The van der Waals surface area contributed by atoms with Crippen molar-refractivity contribution < 1.29 is 9.47 Å². The van der Waals surface area contributed by atoms with Gasteiger partial charge >= 0.3 is 0 Å². The van der Waals surface area contributed by atoms with Gasteiger partial charge in [-0.3, -0.25) is 0 Å². The Bertz CT molecular complexity index is 3010. The van der Waals surface area contributed by atoms with Crippen LogP contribution in [0.25, 0.3) is 66.1 Å². The first-order chi connectivity index (χ1) is 28.0. The first-order valence-electron chi connectivity index (χ1n) is 19.9. The Morgan fingerprint density at radius 1 is 0.368 bits per heavy atom. The lowest BCUT2D eigenvalue weighted by atomic mass is 9.34. The van der Waals surface area contributed by atoms with E-state index >= 15 is 0 Å². The molecule has 0 amide bonds. The van der Waals surface area contributed by atoms with Gasteiger partial charge in [-0.2, -0.15) is 0 Å². The average Bonchev–Trinajstić information content (AvgIpc) is 3.25. The van der Waals surface area contributed by atoms with E-state index in [1.165, 1.54) is 54.9 Å².